The van der Waals surface area contributed by atoms with E-state index < -0.39 is 5.41 Å². The Morgan fingerprint density at radius 2 is 1.89 bits per heavy atom. The molecule has 1 atom stereocenters. The van der Waals surface area contributed by atoms with Gasteiger partial charge in [0.05, 0.1) is 12.6 Å². The van der Waals surface area contributed by atoms with Crippen LogP contribution in [-0.4, -0.2) is 41.2 Å². The van der Waals surface area contributed by atoms with Gasteiger partial charge in [0.2, 0.25) is 11.8 Å². The van der Waals surface area contributed by atoms with Gasteiger partial charge in [0.1, 0.15) is 0 Å². The molecule has 2 heterocycles. The predicted molar refractivity (Wildman–Crippen MR) is 114 cm³/mol. The van der Waals surface area contributed by atoms with Crippen LogP contribution in [-0.2, 0) is 16.0 Å². The number of nitrogens with zero attached hydrogens (tertiary/aromatic N) is 2. The van der Waals surface area contributed by atoms with Crippen molar-refractivity contribution in [2.75, 3.05) is 19.6 Å². The zero-order valence-corrected chi connectivity index (χ0v) is 18.3. The van der Waals surface area contributed by atoms with E-state index in [4.69, 9.17) is 0 Å². The molecule has 0 N–H and O–H groups in total. The van der Waals surface area contributed by atoms with E-state index in [1.54, 1.807) is 16.2 Å². The Bertz CT molecular complexity index is 865. The second-order valence-electron chi connectivity index (χ2n) is 8.46. The van der Waals surface area contributed by atoms with Crippen LogP contribution in [0, 0.1) is 12.3 Å². The first kappa shape index (κ1) is 20.6. The Morgan fingerprint density at radius 1 is 1.18 bits per heavy atom. The molecule has 1 aliphatic rings. The molecular weight excluding hydrogens is 368 g/mol. The van der Waals surface area contributed by atoms with Crippen LogP contribution in [0.25, 0.3) is 0 Å². The van der Waals surface area contributed by atoms with Gasteiger partial charge in [-0.2, -0.15) is 0 Å². The molecule has 1 aliphatic heterocycles. The maximum Gasteiger partial charge on any atom is 0.242 e. The van der Waals surface area contributed by atoms with Gasteiger partial charge in [0, 0.05) is 23.4 Å². The van der Waals surface area contributed by atoms with Gasteiger partial charge in [-0.3, -0.25) is 9.59 Å². The van der Waals surface area contributed by atoms with Crippen LogP contribution in [0.5, 0.6) is 0 Å². The van der Waals surface area contributed by atoms with Crippen molar-refractivity contribution in [2.24, 2.45) is 5.41 Å². The fourth-order valence-electron chi connectivity index (χ4n) is 3.87. The van der Waals surface area contributed by atoms with Crippen LogP contribution in [0.1, 0.15) is 55.3 Å². The summed E-state index contributed by atoms with van der Waals surface area (Å²) in [5, 5.41) is 2.12. The van der Waals surface area contributed by atoms with Crippen LogP contribution in [0.15, 0.2) is 35.7 Å². The minimum Gasteiger partial charge on any atom is -0.333 e. The summed E-state index contributed by atoms with van der Waals surface area (Å²) in [4.78, 5) is 31.1. The molecule has 1 aromatic carbocycles. The van der Waals surface area contributed by atoms with Crippen molar-refractivity contribution in [3.63, 3.8) is 0 Å². The first-order chi connectivity index (χ1) is 13.2. The third-order valence-electron chi connectivity index (χ3n) is 5.41. The normalized spacial score (nSPS) is 16.6. The molecule has 0 fully saturated rings. The molecule has 0 spiro atoms. The minimum atomic E-state index is -0.492. The molecule has 150 valence electrons. The van der Waals surface area contributed by atoms with Crippen LogP contribution >= 0.6 is 11.3 Å². The van der Waals surface area contributed by atoms with Gasteiger partial charge in [-0.05, 0) is 48.4 Å². The second-order valence-corrected chi connectivity index (χ2v) is 9.47. The zero-order chi connectivity index (χ0) is 20.5. The van der Waals surface area contributed by atoms with E-state index in [1.807, 2.05) is 44.7 Å². The first-order valence-corrected chi connectivity index (χ1v) is 10.8. The lowest BCUT2D eigenvalue weighted by molar-refractivity contribution is -0.146. The maximum absolute atomic E-state index is 13.4. The summed E-state index contributed by atoms with van der Waals surface area (Å²) < 4.78 is 0. The lowest BCUT2D eigenvalue weighted by Crippen LogP contribution is -2.49. The number of carbonyl (C=O) groups excluding carboxylic acids is 2. The van der Waals surface area contributed by atoms with Crippen LogP contribution in [0.4, 0.5) is 0 Å². The summed E-state index contributed by atoms with van der Waals surface area (Å²) in [5.74, 6) is 0.0357. The molecule has 0 unspecified atom stereocenters. The summed E-state index contributed by atoms with van der Waals surface area (Å²) in [7, 11) is 0. The average molecular weight is 399 g/mol. The third kappa shape index (κ3) is 4.00. The van der Waals surface area contributed by atoms with E-state index in [1.165, 1.54) is 21.6 Å². The van der Waals surface area contributed by atoms with Gasteiger partial charge in [0.25, 0.3) is 0 Å². The van der Waals surface area contributed by atoms with Crippen LogP contribution in [0.3, 0.4) is 0 Å². The molecule has 28 heavy (non-hydrogen) atoms. The molecule has 0 saturated heterocycles. The SMILES string of the molecule is CCN(CC(=O)N1CCc2sccc2[C@H]1c1ccccc1C)C(=O)C(C)(C)C. The molecule has 4 nitrogen and oxygen atoms in total. The standard InChI is InChI=1S/C23H30N2O2S/c1-6-24(22(27)23(3,4)5)15-20(26)25-13-11-19-18(12-14-28-19)21(25)17-10-8-7-9-16(17)2/h7-10,12,14,21H,6,11,13,15H2,1-5H3/t21-/m1/s1. The number of hydrogen-bond acceptors (Lipinski definition) is 3. The highest BCUT2D eigenvalue weighted by atomic mass is 32.1. The van der Waals surface area contributed by atoms with Gasteiger partial charge >= 0.3 is 0 Å². The highest BCUT2D eigenvalue weighted by molar-refractivity contribution is 7.10. The van der Waals surface area contributed by atoms with Crippen molar-refractivity contribution < 1.29 is 9.59 Å². The number of carbonyl (C=O) groups is 2. The van der Waals surface area contributed by atoms with Crippen LogP contribution < -0.4 is 0 Å². The van der Waals surface area contributed by atoms with E-state index in [0.29, 0.717) is 13.1 Å². The highest BCUT2D eigenvalue weighted by Crippen LogP contribution is 2.39. The smallest absolute Gasteiger partial charge is 0.242 e. The summed E-state index contributed by atoms with van der Waals surface area (Å²) in [6, 6.07) is 10.3. The van der Waals surface area contributed by atoms with Crippen molar-refractivity contribution in [2.45, 2.75) is 47.1 Å². The fourth-order valence-corrected chi connectivity index (χ4v) is 4.77. The number of thiophene rings is 1. The number of aryl methyl sites for hydroxylation is 1. The van der Waals surface area contributed by atoms with E-state index in [2.05, 4.69) is 30.5 Å². The Kier molecular flexibility index (Phi) is 5.94. The second kappa shape index (κ2) is 8.08. The third-order valence-corrected chi connectivity index (χ3v) is 6.40. The lowest BCUT2D eigenvalue weighted by Gasteiger charge is -2.38. The van der Waals surface area contributed by atoms with Crippen molar-refractivity contribution >= 4 is 23.2 Å². The largest absolute Gasteiger partial charge is 0.333 e. The Balaban J connectivity index is 1.92. The Hall–Kier alpha value is -2.14. The van der Waals surface area contributed by atoms with E-state index >= 15 is 0 Å². The fraction of sp³-hybridized carbons (Fsp3) is 0.478. The molecule has 2 aromatic rings. The number of hydrogen-bond donors (Lipinski definition) is 0. The number of rotatable bonds is 4. The van der Waals surface area contributed by atoms with Gasteiger partial charge in [-0.15, -0.1) is 11.3 Å². The summed E-state index contributed by atoms with van der Waals surface area (Å²) in [6.45, 7) is 11.1. The quantitative estimate of drug-likeness (QED) is 0.765. The van der Waals surface area contributed by atoms with Gasteiger partial charge < -0.3 is 9.80 Å². The molecule has 1 aromatic heterocycles. The van der Waals surface area contributed by atoms with Gasteiger partial charge in [0.15, 0.2) is 0 Å². The first-order valence-electron chi connectivity index (χ1n) is 9.94. The van der Waals surface area contributed by atoms with E-state index in [-0.39, 0.29) is 24.4 Å². The van der Waals surface area contributed by atoms with Crippen molar-refractivity contribution in [1.29, 1.82) is 0 Å². The van der Waals surface area contributed by atoms with Crippen molar-refractivity contribution in [1.82, 2.24) is 9.80 Å². The monoisotopic (exact) mass is 398 g/mol. The van der Waals surface area contributed by atoms with Crippen molar-refractivity contribution in [3.8, 4) is 0 Å². The summed E-state index contributed by atoms with van der Waals surface area (Å²) in [6.07, 6.45) is 0.875. The topological polar surface area (TPSA) is 40.6 Å². The molecule has 5 heteroatoms. The zero-order valence-electron chi connectivity index (χ0n) is 17.5. The Labute approximate surface area is 172 Å². The molecule has 0 saturated carbocycles. The molecule has 0 bridgehead atoms. The number of benzene rings is 1. The molecule has 0 radical (unpaired) electrons. The highest BCUT2D eigenvalue weighted by Gasteiger charge is 2.35. The molecule has 3 rings (SSSR count). The van der Waals surface area contributed by atoms with E-state index in [0.717, 1.165) is 6.42 Å². The maximum atomic E-state index is 13.4. The van der Waals surface area contributed by atoms with Gasteiger partial charge in [-0.1, -0.05) is 45.0 Å². The average Bonchev–Trinajstić information content (AvgIpc) is 3.13. The molecule has 2 amide bonds. The van der Waals surface area contributed by atoms with E-state index in [9.17, 15) is 9.59 Å². The number of likely N-dealkylation sites (N-methyl/N-ethyl adjacent to an activating group) is 1. The Morgan fingerprint density at radius 3 is 2.54 bits per heavy atom. The molecule has 0 aliphatic carbocycles. The predicted octanol–water partition coefficient (Wildman–Crippen LogP) is 4.43. The minimum absolute atomic E-state index is 0.0176. The van der Waals surface area contributed by atoms with Crippen molar-refractivity contribution in [3.05, 3.63) is 57.3 Å². The number of amides is 2. The van der Waals surface area contributed by atoms with Gasteiger partial charge in [-0.25, -0.2) is 0 Å². The molecular formula is C23H30N2O2S. The summed E-state index contributed by atoms with van der Waals surface area (Å²) >= 11 is 1.77. The lowest BCUT2D eigenvalue weighted by atomic mass is 9.90. The summed E-state index contributed by atoms with van der Waals surface area (Å²) in [5.41, 5.74) is 3.08. The number of fused-ring (bicyclic) bond motifs is 1. The van der Waals surface area contributed by atoms with Crippen LogP contribution in [0.2, 0.25) is 0 Å².